The zero-order chi connectivity index (χ0) is 20.1. The molecule has 1 amide bonds. The van der Waals surface area contributed by atoms with E-state index in [0.717, 1.165) is 42.2 Å². The summed E-state index contributed by atoms with van der Waals surface area (Å²) in [7, 11) is 1.76. The van der Waals surface area contributed by atoms with Crippen molar-refractivity contribution in [1.29, 1.82) is 0 Å². The molecule has 3 N–H and O–H groups in total. The lowest BCUT2D eigenvalue weighted by Gasteiger charge is -2.26. The molecule has 0 fully saturated rings. The van der Waals surface area contributed by atoms with Crippen LogP contribution < -0.4 is 16.0 Å². The van der Waals surface area contributed by atoms with E-state index in [1.165, 1.54) is 5.56 Å². The number of carbonyl (C=O) groups is 1. The van der Waals surface area contributed by atoms with Crippen molar-refractivity contribution in [3.05, 3.63) is 60.4 Å². The molecule has 2 aromatic carbocycles. The SMILES string of the molecule is CN=C(NCCCn1cnc2ccccc21)NCC1CC(=O)Nc2ccccc21. The fourth-order valence-corrected chi connectivity index (χ4v) is 3.77. The Kier molecular flexibility index (Phi) is 5.74. The molecule has 7 heteroatoms. The molecule has 0 bridgehead atoms. The van der Waals surface area contributed by atoms with Crippen molar-refractivity contribution < 1.29 is 4.79 Å². The molecule has 1 unspecified atom stereocenters. The first kappa shape index (κ1) is 19.0. The first-order chi connectivity index (χ1) is 14.2. The van der Waals surface area contributed by atoms with Crippen LogP contribution in [0.1, 0.15) is 24.3 Å². The van der Waals surface area contributed by atoms with Gasteiger partial charge in [0.25, 0.3) is 0 Å². The van der Waals surface area contributed by atoms with Crippen molar-refractivity contribution in [2.24, 2.45) is 4.99 Å². The number of aromatic nitrogens is 2. The van der Waals surface area contributed by atoms with Gasteiger partial charge in [-0.1, -0.05) is 30.3 Å². The molecule has 0 saturated heterocycles. The topological polar surface area (TPSA) is 83.3 Å². The van der Waals surface area contributed by atoms with Gasteiger partial charge < -0.3 is 20.5 Å². The maximum Gasteiger partial charge on any atom is 0.225 e. The van der Waals surface area contributed by atoms with Crippen molar-refractivity contribution in [3.8, 4) is 0 Å². The molecule has 4 rings (SSSR count). The lowest BCUT2D eigenvalue weighted by atomic mass is 9.90. The van der Waals surface area contributed by atoms with E-state index in [0.29, 0.717) is 13.0 Å². The summed E-state index contributed by atoms with van der Waals surface area (Å²) in [4.78, 5) is 20.7. The molecule has 1 aromatic heterocycles. The largest absolute Gasteiger partial charge is 0.356 e. The van der Waals surface area contributed by atoms with Crippen molar-refractivity contribution >= 4 is 28.6 Å². The van der Waals surface area contributed by atoms with Gasteiger partial charge in [-0.15, -0.1) is 0 Å². The molecule has 29 heavy (non-hydrogen) atoms. The lowest BCUT2D eigenvalue weighted by Crippen LogP contribution is -2.41. The second-order valence-electron chi connectivity index (χ2n) is 7.20. The molecule has 150 valence electrons. The minimum Gasteiger partial charge on any atom is -0.356 e. The normalized spacial score (nSPS) is 16.4. The van der Waals surface area contributed by atoms with E-state index in [1.807, 2.05) is 42.7 Å². The van der Waals surface area contributed by atoms with Crippen LogP contribution in [-0.2, 0) is 11.3 Å². The number of fused-ring (bicyclic) bond motifs is 2. The van der Waals surface area contributed by atoms with Crippen LogP contribution in [0, 0.1) is 0 Å². The molecule has 0 saturated carbocycles. The number of hydrogen-bond donors (Lipinski definition) is 3. The second kappa shape index (κ2) is 8.77. The van der Waals surface area contributed by atoms with E-state index >= 15 is 0 Å². The Balaban J connectivity index is 1.27. The van der Waals surface area contributed by atoms with Gasteiger partial charge in [0.05, 0.1) is 17.4 Å². The molecule has 0 spiro atoms. The average molecular weight is 390 g/mol. The number of para-hydroxylation sites is 3. The first-order valence-corrected chi connectivity index (χ1v) is 9.98. The van der Waals surface area contributed by atoms with Gasteiger partial charge in [-0.3, -0.25) is 9.79 Å². The molecule has 2 heterocycles. The molecule has 1 atom stereocenters. The van der Waals surface area contributed by atoms with Crippen LogP contribution in [0.25, 0.3) is 11.0 Å². The third-order valence-electron chi connectivity index (χ3n) is 5.24. The third-order valence-corrected chi connectivity index (χ3v) is 5.24. The third kappa shape index (κ3) is 4.39. The Hall–Kier alpha value is -3.35. The summed E-state index contributed by atoms with van der Waals surface area (Å²) in [6, 6.07) is 16.1. The Morgan fingerprint density at radius 3 is 2.93 bits per heavy atom. The number of nitrogens with one attached hydrogen (secondary N) is 3. The zero-order valence-corrected chi connectivity index (χ0v) is 16.6. The molecular formula is C22H26N6O. The van der Waals surface area contributed by atoms with Gasteiger partial charge in [0.2, 0.25) is 5.91 Å². The Morgan fingerprint density at radius 1 is 1.21 bits per heavy atom. The van der Waals surface area contributed by atoms with Gasteiger partial charge in [0, 0.05) is 44.7 Å². The van der Waals surface area contributed by atoms with Gasteiger partial charge in [0.1, 0.15) is 0 Å². The van der Waals surface area contributed by atoms with E-state index in [4.69, 9.17) is 0 Å². The highest BCUT2D eigenvalue weighted by molar-refractivity contribution is 5.94. The van der Waals surface area contributed by atoms with Gasteiger partial charge in [-0.2, -0.15) is 0 Å². The number of aryl methyl sites for hydroxylation is 1. The number of imidazole rings is 1. The number of aliphatic imine (C=N–C) groups is 1. The molecule has 1 aliphatic rings. The Morgan fingerprint density at radius 2 is 2.03 bits per heavy atom. The van der Waals surface area contributed by atoms with E-state index in [1.54, 1.807) is 7.05 Å². The fourth-order valence-electron chi connectivity index (χ4n) is 3.77. The van der Waals surface area contributed by atoms with Gasteiger partial charge >= 0.3 is 0 Å². The molecule has 3 aromatic rings. The molecular weight excluding hydrogens is 364 g/mol. The standard InChI is InChI=1S/C22H26N6O/c1-23-22(24-11-6-12-28-15-26-19-9-4-5-10-20(19)28)25-14-16-13-21(29)27-18-8-3-2-7-17(16)18/h2-5,7-10,15-16H,6,11-14H2,1H3,(H,27,29)(H2,23,24,25). The number of hydrogen-bond acceptors (Lipinski definition) is 3. The van der Waals surface area contributed by atoms with Crippen LogP contribution in [0.5, 0.6) is 0 Å². The average Bonchev–Trinajstić information content (AvgIpc) is 3.16. The summed E-state index contributed by atoms with van der Waals surface area (Å²) < 4.78 is 2.17. The number of anilines is 1. The van der Waals surface area contributed by atoms with Gasteiger partial charge in [-0.25, -0.2) is 4.98 Å². The highest BCUT2D eigenvalue weighted by atomic mass is 16.1. The minimum atomic E-state index is 0.0611. The highest BCUT2D eigenvalue weighted by Crippen LogP contribution is 2.31. The van der Waals surface area contributed by atoms with Crippen molar-refractivity contribution in [1.82, 2.24) is 20.2 Å². The number of rotatable bonds is 6. The summed E-state index contributed by atoms with van der Waals surface area (Å²) in [5, 5.41) is 9.66. The van der Waals surface area contributed by atoms with Crippen LogP contribution >= 0.6 is 0 Å². The maximum atomic E-state index is 12.0. The second-order valence-corrected chi connectivity index (χ2v) is 7.20. The van der Waals surface area contributed by atoms with Gasteiger partial charge in [0.15, 0.2) is 5.96 Å². The first-order valence-electron chi connectivity index (χ1n) is 9.98. The van der Waals surface area contributed by atoms with Crippen LogP contribution in [0.4, 0.5) is 5.69 Å². The van der Waals surface area contributed by atoms with Gasteiger partial charge in [-0.05, 0) is 30.2 Å². The summed E-state index contributed by atoms with van der Waals surface area (Å²) in [6.45, 7) is 2.35. The van der Waals surface area contributed by atoms with E-state index in [2.05, 4.69) is 42.6 Å². The van der Waals surface area contributed by atoms with Crippen molar-refractivity contribution in [2.75, 3.05) is 25.5 Å². The lowest BCUT2D eigenvalue weighted by molar-refractivity contribution is -0.116. The zero-order valence-electron chi connectivity index (χ0n) is 16.6. The fraction of sp³-hybridized carbons (Fsp3) is 0.318. The Labute approximate surface area is 170 Å². The van der Waals surface area contributed by atoms with E-state index in [-0.39, 0.29) is 11.8 Å². The van der Waals surface area contributed by atoms with Crippen LogP contribution in [0.3, 0.4) is 0 Å². The highest BCUT2D eigenvalue weighted by Gasteiger charge is 2.24. The van der Waals surface area contributed by atoms with E-state index in [9.17, 15) is 4.79 Å². The molecule has 7 nitrogen and oxygen atoms in total. The molecule has 0 radical (unpaired) electrons. The number of nitrogens with zero attached hydrogens (tertiary/aromatic N) is 3. The van der Waals surface area contributed by atoms with Crippen molar-refractivity contribution in [3.63, 3.8) is 0 Å². The minimum absolute atomic E-state index is 0.0611. The number of carbonyl (C=O) groups excluding carboxylic acids is 1. The van der Waals surface area contributed by atoms with Crippen LogP contribution in [-0.4, -0.2) is 41.6 Å². The monoisotopic (exact) mass is 390 g/mol. The number of amides is 1. The molecule has 0 aliphatic carbocycles. The number of benzene rings is 2. The van der Waals surface area contributed by atoms with Crippen LogP contribution in [0.2, 0.25) is 0 Å². The smallest absolute Gasteiger partial charge is 0.225 e. The Bertz CT molecular complexity index is 1020. The summed E-state index contributed by atoms with van der Waals surface area (Å²) >= 11 is 0. The summed E-state index contributed by atoms with van der Waals surface area (Å²) in [5.41, 5.74) is 4.26. The predicted molar refractivity (Wildman–Crippen MR) is 116 cm³/mol. The van der Waals surface area contributed by atoms with E-state index < -0.39 is 0 Å². The maximum absolute atomic E-state index is 12.0. The quantitative estimate of drug-likeness (QED) is 0.343. The summed E-state index contributed by atoms with van der Waals surface area (Å²) in [5.74, 6) is 0.950. The van der Waals surface area contributed by atoms with Crippen molar-refractivity contribution in [2.45, 2.75) is 25.3 Å². The summed E-state index contributed by atoms with van der Waals surface area (Å²) in [6.07, 6.45) is 3.33. The van der Waals surface area contributed by atoms with Crippen LogP contribution in [0.15, 0.2) is 59.9 Å². The predicted octanol–water partition coefficient (Wildman–Crippen LogP) is 2.72. The molecule has 1 aliphatic heterocycles. The number of guanidine groups is 1.